The van der Waals surface area contributed by atoms with Crippen molar-refractivity contribution in [3.05, 3.63) is 58.1 Å². The fourth-order valence-electron chi connectivity index (χ4n) is 1.84. The number of halogens is 2. The van der Waals surface area contributed by atoms with Crippen molar-refractivity contribution in [2.45, 2.75) is 6.54 Å². The molecule has 0 unspecified atom stereocenters. The van der Waals surface area contributed by atoms with Gasteiger partial charge in [-0.05, 0) is 36.9 Å². The molecule has 0 heterocycles. The second-order valence-corrected chi connectivity index (χ2v) is 5.26. The van der Waals surface area contributed by atoms with Gasteiger partial charge in [0, 0.05) is 12.6 Å². The summed E-state index contributed by atoms with van der Waals surface area (Å²) in [5.74, 6) is 1.51. The molecule has 0 saturated heterocycles. The Morgan fingerprint density at radius 3 is 2.29 bits per heavy atom. The molecular weight excluding hydrogens is 309 g/mol. The Labute approximate surface area is 134 Å². The Bertz CT molecular complexity index is 590. The molecule has 2 aromatic rings. The quantitative estimate of drug-likeness (QED) is 0.775. The Hall–Kier alpha value is -1.42. The molecule has 0 aromatic heterocycles. The van der Waals surface area contributed by atoms with Gasteiger partial charge < -0.3 is 14.8 Å². The molecule has 21 heavy (non-hydrogen) atoms. The molecule has 0 aliphatic heterocycles. The van der Waals surface area contributed by atoms with Gasteiger partial charge in [0.1, 0.15) is 24.7 Å². The van der Waals surface area contributed by atoms with E-state index in [1.54, 1.807) is 18.2 Å². The van der Waals surface area contributed by atoms with Crippen molar-refractivity contribution in [3.8, 4) is 11.5 Å². The van der Waals surface area contributed by atoms with E-state index in [0.29, 0.717) is 29.0 Å². The van der Waals surface area contributed by atoms with Gasteiger partial charge in [-0.2, -0.15) is 0 Å². The number of rotatable bonds is 7. The highest BCUT2D eigenvalue weighted by Crippen LogP contribution is 2.26. The van der Waals surface area contributed by atoms with Crippen LogP contribution in [-0.2, 0) is 6.54 Å². The van der Waals surface area contributed by atoms with Crippen LogP contribution in [0.25, 0.3) is 0 Å². The lowest BCUT2D eigenvalue weighted by molar-refractivity contribution is 0.217. The summed E-state index contributed by atoms with van der Waals surface area (Å²) < 4.78 is 11.2. The molecule has 1 N–H and O–H groups in total. The van der Waals surface area contributed by atoms with Gasteiger partial charge in [-0.3, -0.25) is 0 Å². The van der Waals surface area contributed by atoms with E-state index in [2.05, 4.69) is 11.4 Å². The van der Waals surface area contributed by atoms with Crippen molar-refractivity contribution in [2.24, 2.45) is 0 Å². The zero-order valence-electron chi connectivity index (χ0n) is 11.7. The number of hydrogen-bond donors (Lipinski definition) is 1. The summed E-state index contributed by atoms with van der Waals surface area (Å²) >= 11 is 11.8. The minimum atomic E-state index is 0.439. The monoisotopic (exact) mass is 325 g/mol. The van der Waals surface area contributed by atoms with Gasteiger partial charge in [0.05, 0.1) is 10.0 Å². The third-order valence-corrected chi connectivity index (χ3v) is 3.53. The molecular formula is C16H17Cl2NO2. The Balaban J connectivity index is 1.79. The molecule has 0 fully saturated rings. The van der Waals surface area contributed by atoms with Crippen molar-refractivity contribution < 1.29 is 9.47 Å². The van der Waals surface area contributed by atoms with Gasteiger partial charge in [-0.25, -0.2) is 0 Å². The fraction of sp³-hybridized carbons (Fsp3) is 0.250. The van der Waals surface area contributed by atoms with Crippen LogP contribution in [0.3, 0.4) is 0 Å². The van der Waals surface area contributed by atoms with E-state index in [9.17, 15) is 0 Å². The molecule has 5 heteroatoms. The Morgan fingerprint density at radius 2 is 1.62 bits per heavy atom. The Kier molecular flexibility index (Phi) is 6.18. The molecule has 0 aliphatic rings. The highest BCUT2D eigenvalue weighted by molar-refractivity contribution is 6.42. The van der Waals surface area contributed by atoms with Crippen molar-refractivity contribution in [3.63, 3.8) is 0 Å². The second-order valence-electron chi connectivity index (χ2n) is 4.45. The van der Waals surface area contributed by atoms with Crippen molar-refractivity contribution >= 4 is 23.2 Å². The zero-order valence-corrected chi connectivity index (χ0v) is 13.2. The van der Waals surface area contributed by atoms with Crippen molar-refractivity contribution in [1.82, 2.24) is 5.32 Å². The maximum absolute atomic E-state index is 5.92. The first kappa shape index (κ1) is 16.0. The van der Waals surface area contributed by atoms with E-state index in [4.69, 9.17) is 32.7 Å². The average molecular weight is 326 g/mol. The third kappa shape index (κ3) is 5.12. The summed E-state index contributed by atoms with van der Waals surface area (Å²) in [5, 5.41) is 4.10. The van der Waals surface area contributed by atoms with Crippen LogP contribution in [-0.4, -0.2) is 20.3 Å². The minimum Gasteiger partial charge on any atom is -0.490 e. The molecule has 2 aromatic carbocycles. The highest BCUT2D eigenvalue weighted by atomic mass is 35.5. The number of nitrogens with one attached hydrogen (secondary N) is 1. The van der Waals surface area contributed by atoms with Crippen molar-refractivity contribution in [1.29, 1.82) is 0 Å². The normalized spacial score (nSPS) is 10.4. The van der Waals surface area contributed by atoms with Crippen LogP contribution < -0.4 is 14.8 Å². The van der Waals surface area contributed by atoms with E-state index in [0.717, 1.165) is 12.3 Å². The Morgan fingerprint density at radius 1 is 0.905 bits per heavy atom. The molecule has 0 spiro atoms. The smallest absolute Gasteiger partial charge is 0.122 e. The molecule has 112 valence electrons. The van der Waals surface area contributed by atoms with Gasteiger partial charge in [0.15, 0.2) is 0 Å². The summed E-state index contributed by atoms with van der Waals surface area (Å²) in [6, 6.07) is 13.1. The van der Waals surface area contributed by atoms with E-state index < -0.39 is 0 Å². The zero-order chi connectivity index (χ0) is 15.1. The summed E-state index contributed by atoms with van der Waals surface area (Å²) in [6.45, 7) is 1.72. The maximum atomic E-state index is 5.92. The number of ether oxygens (including phenoxy) is 2. The summed E-state index contributed by atoms with van der Waals surface area (Å²) in [7, 11) is 1.92. The van der Waals surface area contributed by atoms with E-state index >= 15 is 0 Å². The van der Waals surface area contributed by atoms with Crippen LogP contribution in [0.15, 0.2) is 42.5 Å². The SMILES string of the molecule is CNCc1cccc(OCCOc2ccc(Cl)c(Cl)c2)c1. The number of benzene rings is 2. The van der Waals surface area contributed by atoms with E-state index in [1.165, 1.54) is 5.56 Å². The lowest BCUT2D eigenvalue weighted by Gasteiger charge is -2.10. The first-order valence-electron chi connectivity index (χ1n) is 6.63. The molecule has 0 bridgehead atoms. The van der Waals surface area contributed by atoms with Crippen LogP contribution in [0.5, 0.6) is 11.5 Å². The topological polar surface area (TPSA) is 30.5 Å². The fourth-order valence-corrected chi connectivity index (χ4v) is 2.12. The molecule has 0 saturated carbocycles. The average Bonchev–Trinajstić information content (AvgIpc) is 2.48. The van der Waals surface area contributed by atoms with Crippen LogP contribution >= 0.6 is 23.2 Å². The first-order valence-corrected chi connectivity index (χ1v) is 7.39. The summed E-state index contributed by atoms with van der Waals surface area (Å²) in [4.78, 5) is 0. The molecule has 2 rings (SSSR count). The summed E-state index contributed by atoms with van der Waals surface area (Å²) in [5.41, 5.74) is 1.18. The van der Waals surface area contributed by atoms with Gasteiger partial charge in [0.25, 0.3) is 0 Å². The van der Waals surface area contributed by atoms with Gasteiger partial charge in [0.2, 0.25) is 0 Å². The van der Waals surface area contributed by atoms with Crippen LogP contribution in [0.4, 0.5) is 0 Å². The first-order chi connectivity index (χ1) is 10.2. The maximum Gasteiger partial charge on any atom is 0.122 e. The molecule has 0 amide bonds. The molecule has 0 radical (unpaired) electrons. The third-order valence-electron chi connectivity index (χ3n) is 2.79. The summed E-state index contributed by atoms with van der Waals surface area (Å²) in [6.07, 6.45) is 0. The number of hydrogen-bond acceptors (Lipinski definition) is 3. The van der Waals surface area contributed by atoms with Crippen LogP contribution in [0.1, 0.15) is 5.56 Å². The minimum absolute atomic E-state index is 0.439. The lowest BCUT2D eigenvalue weighted by Crippen LogP contribution is -2.09. The molecule has 0 aliphatic carbocycles. The lowest BCUT2D eigenvalue weighted by atomic mass is 10.2. The highest BCUT2D eigenvalue weighted by Gasteiger charge is 2.01. The van der Waals surface area contributed by atoms with Gasteiger partial charge in [-0.15, -0.1) is 0 Å². The predicted molar refractivity (Wildman–Crippen MR) is 86.7 cm³/mol. The predicted octanol–water partition coefficient (Wildman–Crippen LogP) is 4.17. The standard InChI is InChI=1S/C16H17Cl2NO2/c1-19-11-12-3-2-4-13(9-12)20-7-8-21-14-5-6-15(17)16(18)10-14/h2-6,9-10,19H,7-8,11H2,1H3. The van der Waals surface area contributed by atoms with Crippen LogP contribution in [0.2, 0.25) is 10.0 Å². The van der Waals surface area contributed by atoms with Crippen LogP contribution in [0, 0.1) is 0 Å². The molecule has 3 nitrogen and oxygen atoms in total. The van der Waals surface area contributed by atoms with Gasteiger partial charge >= 0.3 is 0 Å². The molecule has 0 atom stereocenters. The van der Waals surface area contributed by atoms with Crippen molar-refractivity contribution in [2.75, 3.05) is 20.3 Å². The van der Waals surface area contributed by atoms with Gasteiger partial charge in [-0.1, -0.05) is 35.3 Å². The van der Waals surface area contributed by atoms with E-state index in [-0.39, 0.29) is 0 Å². The van der Waals surface area contributed by atoms with E-state index in [1.807, 2.05) is 25.2 Å². The largest absolute Gasteiger partial charge is 0.490 e. The second kappa shape index (κ2) is 8.13.